The van der Waals surface area contributed by atoms with Crippen LogP contribution in [0.1, 0.15) is 26.7 Å². The van der Waals surface area contributed by atoms with Crippen molar-refractivity contribution in [3.63, 3.8) is 0 Å². The van der Waals surface area contributed by atoms with Crippen LogP contribution in [0.25, 0.3) is 0 Å². The minimum absolute atomic E-state index is 0.0898. The lowest BCUT2D eigenvalue weighted by molar-refractivity contribution is -0.0496. The average Bonchev–Trinajstić information content (AvgIpc) is 2.44. The van der Waals surface area contributed by atoms with E-state index in [9.17, 15) is 21.6 Å². The summed E-state index contributed by atoms with van der Waals surface area (Å²) in [6.45, 7) is 5.55. The van der Waals surface area contributed by atoms with Crippen molar-refractivity contribution in [3.05, 3.63) is 0 Å². The molecule has 0 aromatic carbocycles. The van der Waals surface area contributed by atoms with E-state index in [2.05, 4.69) is 15.6 Å². The molecule has 0 aromatic heterocycles. The second-order valence-electron chi connectivity index (χ2n) is 5.04. The van der Waals surface area contributed by atoms with Crippen LogP contribution in [0, 0.1) is 5.92 Å². The number of nitrogens with zero attached hydrogens (tertiary/aromatic N) is 2. The zero-order chi connectivity index (χ0) is 16.8. The number of alkyl halides is 3. The number of sulfonamides is 1. The minimum Gasteiger partial charge on any atom is -0.357 e. The van der Waals surface area contributed by atoms with Crippen LogP contribution >= 0.6 is 0 Å². The zero-order valence-electron chi connectivity index (χ0n) is 12.8. The van der Waals surface area contributed by atoms with Gasteiger partial charge in [0.15, 0.2) is 5.96 Å². The Morgan fingerprint density at radius 3 is 2.09 bits per heavy atom. The van der Waals surface area contributed by atoms with Crippen molar-refractivity contribution in [2.45, 2.75) is 32.2 Å². The molecule has 0 atom stereocenters. The molecule has 1 rings (SSSR count). The van der Waals surface area contributed by atoms with Gasteiger partial charge in [0.25, 0.3) is 0 Å². The number of piperidine rings is 1. The van der Waals surface area contributed by atoms with Gasteiger partial charge < -0.3 is 10.6 Å². The van der Waals surface area contributed by atoms with Crippen molar-refractivity contribution < 1.29 is 21.6 Å². The van der Waals surface area contributed by atoms with E-state index in [-0.39, 0.29) is 19.0 Å². The van der Waals surface area contributed by atoms with E-state index in [1.165, 1.54) is 0 Å². The number of hydrogen-bond acceptors (Lipinski definition) is 3. The van der Waals surface area contributed by atoms with Gasteiger partial charge in [-0.2, -0.15) is 17.5 Å². The quantitative estimate of drug-likeness (QED) is 0.579. The molecular formula is C12H23F3N4O2S. The summed E-state index contributed by atoms with van der Waals surface area (Å²) >= 11 is 0. The van der Waals surface area contributed by atoms with E-state index in [0.717, 1.165) is 0 Å². The van der Waals surface area contributed by atoms with Crippen LogP contribution in [0.3, 0.4) is 0 Å². The standard InChI is InChI=1S/C12H23F3N4O2S/c1-3-16-11(17-4-2)18-9-10-5-7-19(8-6-10)22(20,21)12(13,14)15/h10H,3-9H2,1-2H3,(H2,16,17,18). The number of guanidine groups is 1. The molecule has 130 valence electrons. The molecule has 1 heterocycles. The Balaban J connectivity index is 2.54. The molecule has 1 saturated heterocycles. The van der Waals surface area contributed by atoms with Gasteiger partial charge in [0, 0.05) is 32.7 Å². The van der Waals surface area contributed by atoms with E-state index < -0.39 is 15.5 Å². The molecule has 1 fully saturated rings. The Morgan fingerprint density at radius 1 is 1.18 bits per heavy atom. The topological polar surface area (TPSA) is 73.8 Å². The zero-order valence-corrected chi connectivity index (χ0v) is 13.6. The van der Waals surface area contributed by atoms with Gasteiger partial charge in [-0.1, -0.05) is 0 Å². The summed E-state index contributed by atoms with van der Waals surface area (Å²) in [5, 5.41) is 6.12. The van der Waals surface area contributed by atoms with Crippen LogP contribution in [0.2, 0.25) is 0 Å². The van der Waals surface area contributed by atoms with Gasteiger partial charge >= 0.3 is 15.5 Å². The second-order valence-corrected chi connectivity index (χ2v) is 6.97. The third-order valence-electron chi connectivity index (χ3n) is 3.40. The lowest BCUT2D eigenvalue weighted by atomic mass is 9.98. The molecule has 10 heteroatoms. The molecule has 1 aliphatic heterocycles. The molecule has 6 nitrogen and oxygen atoms in total. The summed E-state index contributed by atoms with van der Waals surface area (Å²) in [7, 11) is -5.20. The molecule has 0 saturated carbocycles. The number of nitrogens with one attached hydrogen (secondary N) is 2. The molecule has 0 bridgehead atoms. The predicted molar refractivity (Wildman–Crippen MR) is 78.9 cm³/mol. The molecular weight excluding hydrogens is 321 g/mol. The van der Waals surface area contributed by atoms with Crippen LogP contribution in [0.4, 0.5) is 13.2 Å². The van der Waals surface area contributed by atoms with Crippen molar-refractivity contribution in [1.82, 2.24) is 14.9 Å². The van der Waals surface area contributed by atoms with Crippen LogP contribution in [-0.4, -0.2) is 56.9 Å². The molecule has 22 heavy (non-hydrogen) atoms. The van der Waals surface area contributed by atoms with Crippen LogP contribution in [0.5, 0.6) is 0 Å². The highest BCUT2D eigenvalue weighted by atomic mass is 32.2. The predicted octanol–water partition coefficient (Wildman–Crippen LogP) is 1.12. The summed E-state index contributed by atoms with van der Waals surface area (Å²) in [6, 6.07) is 0. The number of rotatable bonds is 5. The maximum atomic E-state index is 12.5. The maximum Gasteiger partial charge on any atom is 0.511 e. The van der Waals surface area contributed by atoms with E-state index in [4.69, 9.17) is 0 Å². The Labute approximate surface area is 129 Å². The highest BCUT2D eigenvalue weighted by molar-refractivity contribution is 7.90. The monoisotopic (exact) mass is 344 g/mol. The molecule has 0 aliphatic carbocycles. The van der Waals surface area contributed by atoms with Gasteiger partial charge in [-0.15, -0.1) is 0 Å². The molecule has 2 N–H and O–H groups in total. The maximum absolute atomic E-state index is 12.5. The second kappa shape index (κ2) is 8.00. The van der Waals surface area contributed by atoms with Crippen LogP contribution in [-0.2, 0) is 10.0 Å². The smallest absolute Gasteiger partial charge is 0.357 e. The molecule has 0 unspecified atom stereocenters. The first-order valence-corrected chi connectivity index (χ1v) is 8.75. The summed E-state index contributed by atoms with van der Waals surface area (Å²) < 4.78 is 60.5. The minimum atomic E-state index is -5.22. The van der Waals surface area contributed by atoms with Gasteiger partial charge in [0.1, 0.15) is 0 Å². The molecule has 0 aromatic rings. The Hall–Kier alpha value is -1.03. The fourth-order valence-corrected chi connectivity index (χ4v) is 3.19. The molecule has 0 amide bonds. The van der Waals surface area contributed by atoms with Crippen LogP contribution in [0.15, 0.2) is 4.99 Å². The van der Waals surface area contributed by atoms with Crippen molar-refractivity contribution in [1.29, 1.82) is 0 Å². The first kappa shape index (κ1) is 19.0. The average molecular weight is 344 g/mol. The highest BCUT2D eigenvalue weighted by Crippen LogP contribution is 2.30. The normalized spacial score (nSPS) is 18.0. The summed E-state index contributed by atoms with van der Waals surface area (Å²) in [5.74, 6) is 0.752. The van der Waals surface area contributed by atoms with Crippen molar-refractivity contribution in [2.24, 2.45) is 10.9 Å². The molecule has 0 spiro atoms. The van der Waals surface area contributed by atoms with Gasteiger partial charge in [-0.05, 0) is 32.6 Å². The van der Waals surface area contributed by atoms with Gasteiger partial charge in [-0.3, -0.25) is 4.99 Å². The largest absolute Gasteiger partial charge is 0.511 e. The Morgan fingerprint density at radius 2 is 1.68 bits per heavy atom. The summed E-state index contributed by atoms with van der Waals surface area (Å²) in [4.78, 5) is 4.37. The Bertz CT molecular complexity index is 463. The van der Waals surface area contributed by atoms with Crippen molar-refractivity contribution in [3.8, 4) is 0 Å². The summed E-state index contributed by atoms with van der Waals surface area (Å²) in [6.07, 6.45) is 0.759. The third kappa shape index (κ3) is 5.01. The number of hydrogen-bond donors (Lipinski definition) is 2. The van der Waals surface area contributed by atoms with E-state index in [1.54, 1.807) is 0 Å². The first-order chi connectivity index (χ1) is 10.2. The lowest BCUT2D eigenvalue weighted by Crippen LogP contribution is -2.45. The van der Waals surface area contributed by atoms with Gasteiger partial charge in [0.2, 0.25) is 0 Å². The number of aliphatic imine (C=N–C) groups is 1. The Kier molecular flexibility index (Phi) is 6.92. The molecule has 0 radical (unpaired) electrons. The van der Waals surface area contributed by atoms with E-state index in [1.807, 2.05) is 13.8 Å². The fraction of sp³-hybridized carbons (Fsp3) is 0.917. The van der Waals surface area contributed by atoms with Gasteiger partial charge in [-0.25, -0.2) is 8.42 Å². The molecule has 1 aliphatic rings. The first-order valence-electron chi connectivity index (χ1n) is 7.31. The lowest BCUT2D eigenvalue weighted by Gasteiger charge is -2.30. The van der Waals surface area contributed by atoms with E-state index in [0.29, 0.717) is 42.7 Å². The van der Waals surface area contributed by atoms with Gasteiger partial charge in [0.05, 0.1) is 0 Å². The summed E-state index contributed by atoms with van der Waals surface area (Å²) in [5.41, 5.74) is -5.22. The highest BCUT2D eigenvalue weighted by Gasteiger charge is 2.50. The van der Waals surface area contributed by atoms with E-state index >= 15 is 0 Å². The van der Waals surface area contributed by atoms with Crippen molar-refractivity contribution >= 4 is 16.0 Å². The SMILES string of the molecule is CCNC(=NCC1CCN(S(=O)(=O)C(F)(F)F)CC1)NCC. The van der Waals surface area contributed by atoms with Crippen LogP contribution < -0.4 is 10.6 Å². The van der Waals surface area contributed by atoms with Crippen molar-refractivity contribution in [2.75, 3.05) is 32.7 Å². The number of halogens is 3. The fourth-order valence-electron chi connectivity index (χ4n) is 2.21. The third-order valence-corrected chi connectivity index (χ3v) is 5.03.